The average molecular weight is 295 g/mol. The molecule has 0 radical (unpaired) electrons. The van der Waals surface area contributed by atoms with Crippen LogP contribution >= 0.6 is 0 Å². The second-order valence-corrected chi connectivity index (χ2v) is 5.30. The van der Waals surface area contributed by atoms with Gasteiger partial charge in [0.05, 0.1) is 26.4 Å². The van der Waals surface area contributed by atoms with Crippen molar-refractivity contribution in [1.29, 1.82) is 0 Å². The average Bonchev–Trinajstić information content (AvgIpc) is 2.84. The van der Waals surface area contributed by atoms with Crippen LogP contribution in [0.15, 0.2) is 18.2 Å². The van der Waals surface area contributed by atoms with Gasteiger partial charge in [-0.2, -0.15) is 0 Å². The van der Waals surface area contributed by atoms with Crippen molar-refractivity contribution in [3.8, 4) is 5.75 Å². The van der Waals surface area contributed by atoms with Gasteiger partial charge in [-0.1, -0.05) is 6.07 Å². The van der Waals surface area contributed by atoms with Gasteiger partial charge in [0.25, 0.3) is 0 Å². The Labute approximate surface area is 126 Å². The zero-order chi connectivity index (χ0) is 15.2. The minimum atomic E-state index is -0.496. The van der Waals surface area contributed by atoms with Crippen molar-refractivity contribution in [2.75, 3.05) is 47.6 Å². The Morgan fingerprint density at radius 3 is 2.38 bits per heavy atom. The Balaban J connectivity index is 2.12. The number of hydrogen-bond acceptors (Lipinski definition) is 5. The number of aliphatic hydroxyl groups excluding tert-OH is 1. The van der Waals surface area contributed by atoms with Gasteiger partial charge >= 0.3 is 0 Å². The summed E-state index contributed by atoms with van der Waals surface area (Å²) in [7, 11) is 5.03. The molecule has 5 heteroatoms. The number of rotatable bonds is 8. The fraction of sp³-hybridized carbons (Fsp3) is 0.625. The normalized spacial score (nSPS) is 20.8. The Bertz CT molecular complexity index is 444. The van der Waals surface area contributed by atoms with E-state index in [0.717, 1.165) is 30.8 Å². The lowest BCUT2D eigenvalue weighted by molar-refractivity contribution is 0.0287. The largest absolute Gasteiger partial charge is 0.497 e. The first-order chi connectivity index (χ1) is 10.2. The molecule has 0 spiro atoms. The Hall–Kier alpha value is -1.14. The molecular weight excluding hydrogens is 270 g/mol. The summed E-state index contributed by atoms with van der Waals surface area (Å²) in [6.07, 6.45) is 0.345. The Kier molecular flexibility index (Phi) is 5.99. The van der Waals surface area contributed by atoms with Crippen LogP contribution in [-0.2, 0) is 15.9 Å². The van der Waals surface area contributed by atoms with Crippen LogP contribution in [0.25, 0.3) is 0 Å². The lowest BCUT2D eigenvalue weighted by Crippen LogP contribution is -2.42. The van der Waals surface area contributed by atoms with E-state index in [9.17, 15) is 5.11 Å². The maximum atomic E-state index is 10.7. The smallest absolute Gasteiger partial charge is 0.119 e. The molecule has 0 aromatic heterocycles. The predicted molar refractivity (Wildman–Crippen MR) is 80.8 cm³/mol. The van der Waals surface area contributed by atoms with Crippen molar-refractivity contribution in [2.24, 2.45) is 0 Å². The van der Waals surface area contributed by atoms with Gasteiger partial charge in [0, 0.05) is 33.4 Å². The zero-order valence-corrected chi connectivity index (χ0v) is 13.0. The standard InChI is InChI=1S/C16H25NO4/c1-19-8-6-17(7-9-20-2)15-10-12-4-5-13(21-3)11-14(12)16(15)18/h4-5,11,15-16,18H,6-10H2,1-3H3. The summed E-state index contributed by atoms with van der Waals surface area (Å²) in [5.74, 6) is 0.786. The van der Waals surface area contributed by atoms with Crippen LogP contribution < -0.4 is 4.74 Å². The molecule has 0 aliphatic heterocycles. The van der Waals surface area contributed by atoms with Gasteiger partial charge in [-0.05, 0) is 29.7 Å². The van der Waals surface area contributed by atoms with E-state index < -0.39 is 6.10 Å². The lowest BCUT2D eigenvalue weighted by Gasteiger charge is -2.30. The number of methoxy groups -OCH3 is 3. The molecular formula is C16H25NO4. The summed E-state index contributed by atoms with van der Waals surface area (Å²) >= 11 is 0. The van der Waals surface area contributed by atoms with E-state index in [4.69, 9.17) is 14.2 Å². The number of benzene rings is 1. The second kappa shape index (κ2) is 7.75. The third kappa shape index (κ3) is 3.74. The molecule has 5 nitrogen and oxygen atoms in total. The lowest BCUT2D eigenvalue weighted by atomic mass is 10.1. The molecule has 1 aromatic carbocycles. The first kappa shape index (κ1) is 16.2. The minimum Gasteiger partial charge on any atom is -0.497 e. The van der Waals surface area contributed by atoms with E-state index in [1.54, 1.807) is 21.3 Å². The van der Waals surface area contributed by atoms with Gasteiger partial charge in [0.15, 0.2) is 0 Å². The number of fused-ring (bicyclic) bond motifs is 1. The number of nitrogens with zero attached hydrogens (tertiary/aromatic N) is 1. The van der Waals surface area contributed by atoms with Gasteiger partial charge in [0.1, 0.15) is 5.75 Å². The van der Waals surface area contributed by atoms with Crippen molar-refractivity contribution in [3.05, 3.63) is 29.3 Å². The molecule has 1 N–H and O–H groups in total. The molecule has 118 valence electrons. The third-order valence-corrected chi connectivity index (χ3v) is 4.10. The van der Waals surface area contributed by atoms with Crippen LogP contribution in [0.4, 0.5) is 0 Å². The van der Waals surface area contributed by atoms with Crippen LogP contribution in [0.1, 0.15) is 17.2 Å². The van der Waals surface area contributed by atoms with E-state index in [1.165, 1.54) is 5.56 Å². The van der Waals surface area contributed by atoms with E-state index in [2.05, 4.69) is 4.90 Å². The van der Waals surface area contributed by atoms with Crippen LogP contribution in [0.5, 0.6) is 5.75 Å². The van der Waals surface area contributed by atoms with Crippen LogP contribution in [-0.4, -0.2) is 63.7 Å². The highest BCUT2D eigenvalue weighted by atomic mass is 16.5. The summed E-state index contributed by atoms with van der Waals surface area (Å²) in [5.41, 5.74) is 2.16. The fourth-order valence-corrected chi connectivity index (χ4v) is 2.89. The summed E-state index contributed by atoms with van der Waals surface area (Å²) in [6, 6.07) is 5.99. The first-order valence-corrected chi connectivity index (χ1v) is 7.28. The monoisotopic (exact) mass is 295 g/mol. The van der Waals surface area contributed by atoms with Crippen LogP contribution in [0.2, 0.25) is 0 Å². The van der Waals surface area contributed by atoms with Gasteiger partial charge in [-0.25, -0.2) is 0 Å². The molecule has 0 heterocycles. The summed E-state index contributed by atoms with van der Waals surface area (Å²) in [4.78, 5) is 2.24. The molecule has 21 heavy (non-hydrogen) atoms. The Morgan fingerprint density at radius 1 is 1.14 bits per heavy atom. The molecule has 1 aliphatic carbocycles. The summed E-state index contributed by atoms with van der Waals surface area (Å²) < 4.78 is 15.6. The van der Waals surface area contributed by atoms with Crippen molar-refractivity contribution >= 4 is 0 Å². The highest BCUT2D eigenvalue weighted by molar-refractivity contribution is 5.41. The molecule has 0 bridgehead atoms. The molecule has 0 saturated carbocycles. The highest BCUT2D eigenvalue weighted by Gasteiger charge is 2.35. The molecule has 2 atom stereocenters. The van der Waals surface area contributed by atoms with Crippen molar-refractivity contribution < 1.29 is 19.3 Å². The van der Waals surface area contributed by atoms with E-state index in [1.807, 2.05) is 18.2 Å². The molecule has 1 aliphatic rings. The predicted octanol–water partition coefficient (Wildman–Crippen LogP) is 1.25. The van der Waals surface area contributed by atoms with Crippen molar-refractivity contribution in [2.45, 2.75) is 18.6 Å². The van der Waals surface area contributed by atoms with Gasteiger partial charge in [-0.15, -0.1) is 0 Å². The minimum absolute atomic E-state index is 0.0670. The number of aliphatic hydroxyl groups is 1. The van der Waals surface area contributed by atoms with E-state index >= 15 is 0 Å². The first-order valence-electron chi connectivity index (χ1n) is 7.28. The molecule has 2 rings (SSSR count). The zero-order valence-electron chi connectivity index (χ0n) is 13.0. The van der Waals surface area contributed by atoms with Crippen molar-refractivity contribution in [3.63, 3.8) is 0 Å². The van der Waals surface area contributed by atoms with Crippen molar-refractivity contribution in [1.82, 2.24) is 4.90 Å². The maximum Gasteiger partial charge on any atom is 0.119 e. The SMILES string of the molecule is COCCN(CCOC)C1Cc2ccc(OC)cc2C1O. The van der Waals surface area contributed by atoms with Gasteiger partial charge < -0.3 is 19.3 Å². The maximum absolute atomic E-state index is 10.7. The van der Waals surface area contributed by atoms with Crippen LogP contribution in [0, 0.1) is 0 Å². The molecule has 0 amide bonds. The summed E-state index contributed by atoms with van der Waals surface area (Å²) in [5, 5.41) is 10.7. The van der Waals surface area contributed by atoms with E-state index in [0.29, 0.717) is 13.2 Å². The molecule has 0 fully saturated rings. The third-order valence-electron chi connectivity index (χ3n) is 4.10. The summed E-state index contributed by atoms with van der Waals surface area (Å²) in [6.45, 7) is 2.86. The second-order valence-electron chi connectivity index (χ2n) is 5.30. The molecule has 0 saturated heterocycles. The molecule has 1 aromatic rings. The fourth-order valence-electron chi connectivity index (χ4n) is 2.89. The Morgan fingerprint density at radius 2 is 1.81 bits per heavy atom. The quantitative estimate of drug-likeness (QED) is 0.782. The van der Waals surface area contributed by atoms with Gasteiger partial charge in [-0.3, -0.25) is 4.90 Å². The topological polar surface area (TPSA) is 51.2 Å². The van der Waals surface area contributed by atoms with E-state index in [-0.39, 0.29) is 6.04 Å². The number of hydrogen-bond donors (Lipinski definition) is 1. The van der Waals surface area contributed by atoms with Crippen LogP contribution in [0.3, 0.4) is 0 Å². The molecule has 2 unspecified atom stereocenters. The highest BCUT2D eigenvalue weighted by Crippen LogP contribution is 2.36. The number of ether oxygens (including phenoxy) is 3. The van der Waals surface area contributed by atoms with Gasteiger partial charge in [0.2, 0.25) is 0 Å².